The average molecular weight is 669 g/mol. The minimum absolute atomic E-state index is 0.0145. The summed E-state index contributed by atoms with van der Waals surface area (Å²) < 4.78 is 16.3. The number of phenols is 2. The molecule has 3 N–H and O–H groups in total. The van der Waals surface area contributed by atoms with Crippen LogP contribution in [-0.2, 0) is 20.7 Å². The van der Waals surface area contributed by atoms with Gasteiger partial charge in [-0.2, -0.15) is 4.98 Å². The van der Waals surface area contributed by atoms with Gasteiger partial charge >= 0.3 is 5.97 Å². The second kappa shape index (κ2) is 16.5. The number of ketones is 1. The minimum Gasteiger partial charge on any atom is -0.507 e. The van der Waals surface area contributed by atoms with Crippen molar-refractivity contribution in [3.8, 4) is 28.8 Å². The fourth-order valence-corrected chi connectivity index (χ4v) is 5.76. The van der Waals surface area contributed by atoms with Gasteiger partial charge in [-0.1, -0.05) is 35.5 Å². The van der Waals surface area contributed by atoms with Gasteiger partial charge in [0.1, 0.15) is 34.3 Å². The van der Waals surface area contributed by atoms with Gasteiger partial charge in [0.2, 0.25) is 17.6 Å². The molecule has 0 saturated carbocycles. The topological polar surface area (TPSA) is 174 Å². The summed E-state index contributed by atoms with van der Waals surface area (Å²) >= 11 is 0. The van der Waals surface area contributed by atoms with Crippen molar-refractivity contribution in [2.45, 2.75) is 70.3 Å². The van der Waals surface area contributed by atoms with Gasteiger partial charge in [-0.15, -0.1) is 0 Å². The highest BCUT2D eigenvalue weighted by molar-refractivity contribution is 5.98. The predicted molar refractivity (Wildman–Crippen MR) is 180 cm³/mol. The summed E-state index contributed by atoms with van der Waals surface area (Å²) in [5.41, 5.74) is 1.33. The largest absolute Gasteiger partial charge is 0.507 e. The van der Waals surface area contributed by atoms with Crippen LogP contribution in [0.3, 0.4) is 0 Å². The van der Waals surface area contributed by atoms with Crippen LogP contribution in [0.5, 0.6) is 17.2 Å². The summed E-state index contributed by atoms with van der Waals surface area (Å²) in [7, 11) is 1.53. The first kappa shape index (κ1) is 34.8. The number of benzene rings is 2. The molecule has 1 amide bonds. The first-order chi connectivity index (χ1) is 23.7. The third-order valence-electron chi connectivity index (χ3n) is 8.33. The number of cyclic esters (lactones) is 1. The Balaban J connectivity index is 1.42. The lowest BCUT2D eigenvalue weighted by atomic mass is 9.84. The summed E-state index contributed by atoms with van der Waals surface area (Å²) in [6.45, 7) is 1.92. The summed E-state index contributed by atoms with van der Waals surface area (Å²) in [5.74, 6) is -1.36. The lowest BCUT2D eigenvalue weighted by Gasteiger charge is -2.23. The van der Waals surface area contributed by atoms with E-state index < -0.39 is 23.7 Å². The van der Waals surface area contributed by atoms with E-state index in [1.807, 2.05) is 6.07 Å². The summed E-state index contributed by atoms with van der Waals surface area (Å²) in [6.07, 6.45) is 7.77. The monoisotopic (exact) mass is 668 g/mol. The zero-order chi connectivity index (χ0) is 34.8. The number of carbonyl (C=O) groups excluding carboxylic acids is 3. The van der Waals surface area contributed by atoms with Crippen LogP contribution in [0.25, 0.3) is 17.6 Å². The van der Waals surface area contributed by atoms with Crippen molar-refractivity contribution >= 4 is 23.7 Å². The van der Waals surface area contributed by atoms with Crippen LogP contribution in [-0.4, -0.2) is 62.8 Å². The fourth-order valence-electron chi connectivity index (χ4n) is 5.76. The van der Waals surface area contributed by atoms with Crippen molar-refractivity contribution in [1.29, 1.82) is 0 Å². The van der Waals surface area contributed by atoms with E-state index in [1.54, 1.807) is 61.7 Å². The molecule has 2 aromatic carbocycles. The van der Waals surface area contributed by atoms with E-state index in [0.717, 1.165) is 0 Å². The molecule has 3 heterocycles. The van der Waals surface area contributed by atoms with Crippen LogP contribution < -0.4 is 10.1 Å². The lowest BCUT2D eigenvalue weighted by molar-refractivity contribution is -0.121. The Kier molecular flexibility index (Phi) is 11.7. The van der Waals surface area contributed by atoms with Gasteiger partial charge in [-0.05, 0) is 74.1 Å². The molecule has 256 valence electrons. The number of phenolic OH excluding ortho intramolecular Hbond substituents is 2. The van der Waals surface area contributed by atoms with Crippen molar-refractivity contribution in [1.82, 2.24) is 20.4 Å². The van der Waals surface area contributed by atoms with Crippen molar-refractivity contribution < 1.29 is 38.6 Å². The quantitative estimate of drug-likeness (QED) is 0.181. The first-order valence-corrected chi connectivity index (χ1v) is 16.4. The molecule has 0 fully saturated rings. The number of amides is 1. The number of allylic oxidation sites excluding steroid dienone is 1. The summed E-state index contributed by atoms with van der Waals surface area (Å²) in [5, 5.41) is 29.9. The molecule has 1 aliphatic rings. The van der Waals surface area contributed by atoms with E-state index in [9.17, 15) is 24.6 Å². The molecule has 0 radical (unpaired) electrons. The smallest absolute Gasteiger partial charge is 0.342 e. The maximum Gasteiger partial charge on any atom is 0.342 e. The Morgan fingerprint density at radius 1 is 1.10 bits per heavy atom. The number of carbonyl (C=O) groups is 3. The van der Waals surface area contributed by atoms with E-state index in [0.29, 0.717) is 67.2 Å². The van der Waals surface area contributed by atoms with Gasteiger partial charge in [0, 0.05) is 49.9 Å². The normalized spacial score (nSPS) is 16.9. The SMILES string of the molecule is COc1ccc(C(CC(=O)NCCc2nc(-c3ccccn3)no2)c2c(O)cc3c(c2O)C(=O)O[C@@H](C)CCCC(=O)CCC/C=C/3)cc1. The Hall–Kier alpha value is -5.52. The Bertz CT molecular complexity index is 1790. The highest BCUT2D eigenvalue weighted by atomic mass is 16.5. The molecule has 0 bridgehead atoms. The molecule has 2 aromatic heterocycles. The zero-order valence-electron chi connectivity index (χ0n) is 27.6. The molecular weight excluding hydrogens is 628 g/mol. The number of esters is 1. The third-order valence-corrected chi connectivity index (χ3v) is 8.33. The van der Waals surface area contributed by atoms with Gasteiger partial charge in [-0.25, -0.2) is 4.79 Å². The van der Waals surface area contributed by atoms with E-state index in [2.05, 4.69) is 20.4 Å². The second-order valence-electron chi connectivity index (χ2n) is 11.9. The number of hydrogen-bond donors (Lipinski definition) is 3. The van der Waals surface area contributed by atoms with Crippen LogP contribution >= 0.6 is 0 Å². The molecule has 0 aliphatic carbocycles. The number of hydrogen-bond acceptors (Lipinski definition) is 11. The van der Waals surface area contributed by atoms with E-state index >= 15 is 0 Å². The molecule has 1 unspecified atom stereocenters. The Morgan fingerprint density at radius 3 is 2.65 bits per heavy atom. The standard InChI is InChI=1S/C37H40N4O8/c1-23-9-8-12-26(42)11-5-3-4-10-25-21-30(43)34(35(45)33(25)37(46)48-23)28(24-14-16-27(47-2)17-15-24)22-31(44)39-20-18-32-40-36(41-49-32)29-13-6-7-19-38-29/h4,6-7,10,13-17,19,21,23,28,43,45H,3,5,8-9,11-12,18,20,22H2,1-2H3,(H,39,44)/b10-4+/t23-,28?/m0/s1. The number of methoxy groups -OCH3 is 1. The predicted octanol–water partition coefficient (Wildman–Crippen LogP) is 5.91. The number of ether oxygens (including phenoxy) is 2. The number of rotatable bonds is 9. The number of aromatic nitrogens is 3. The Morgan fingerprint density at radius 2 is 1.90 bits per heavy atom. The highest BCUT2D eigenvalue weighted by Crippen LogP contribution is 2.44. The number of nitrogens with one attached hydrogen (secondary N) is 1. The van der Waals surface area contributed by atoms with Gasteiger partial charge in [0.25, 0.3) is 0 Å². The molecule has 1 aliphatic heterocycles. The van der Waals surface area contributed by atoms with E-state index in [1.165, 1.54) is 13.2 Å². The van der Waals surface area contributed by atoms with Crippen LogP contribution in [0.15, 0.2) is 65.3 Å². The zero-order valence-corrected chi connectivity index (χ0v) is 27.6. The van der Waals surface area contributed by atoms with Gasteiger partial charge in [0.05, 0.1) is 13.2 Å². The maximum absolute atomic E-state index is 13.6. The molecule has 49 heavy (non-hydrogen) atoms. The van der Waals surface area contributed by atoms with Gasteiger partial charge in [0.15, 0.2) is 0 Å². The number of nitrogens with zero attached hydrogens (tertiary/aromatic N) is 3. The third kappa shape index (κ3) is 9.10. The number of pyridine rings is 1. The molecule has 12 heteroatoms. The molecule has 0 spiro atoms. The molecule has 4 aromatic rings. The van der Waals surface area contributed by atoms with Crippen molar-refractivity contribution in [3.63, 3.8) is 0 Å². The van der Waals surface area contributed by atoms with Crippen LogP contribution in [0.2, 0.25) is 0 Å². The van der Waals surface area contributed by atoms with E-state index in [4.69, 9.17) is 14.0 Å². The fraction of sp³-hybridized carbons (Fsp3) is 0.351. The molecule has 5 rings (SSSR count). The maximum atomic E-state index is 13.6. The average Bonchev–Trinajstić information content (AvgIpc) is 3.56. The number of fused-ring (bicyclic) bond motifs is 1. The van der Waals surface area contributed by atoms with Crippen molar-refractivity contribution in [2.75, 3.05) is 13.7 Å². The van der Waals surface area contributed by atoms with E-state index in [-0.39, 0.29) is 53.5 Å². The first-order valence-electron chi connectivity index (χ1n) is 16.4. The van der Waals surface area contributed by atoms with Crippen molar-refractivity contribution in [2.24, 2.45) is 0 Å². The van der Waals surface area contributed by atoms with Gasteiger partial charge in [-0.3, -0.25) is 14.6 Å². The van der Waals surface area contributed by atoms with Crippen LogP contribution in [0.4, 0.5) is 0 Å². The molecule has 0 saturated heterocycles. The summed E-state index contributed by atoms with van der Waals surface area (Å²) in [6, 6.07) is 13.7. The number of aromatic hydroxyl groups is 2. The van der Waals surface area contributed by atoms with Gasteiger partial charge < -0.3 is 29.5 Å². The molecular formula is C37H40N4O8. The number of Topliss-reactive ketones (excluding diaryl/α,β-unsaturated/α-hetero) is 1. The molecule has 2 atom stereocenters. The minimum atomic E-state index is -0.858. The summed E-state index contributed by atoms with van der Waals surface area (Å²) in [4.78, 5) is 47.7. The second-order valence-corrected chi connectivity index (χ2v) is 11.9. The Labute approximate surface area is 284 Å². The molecule has 12 nitrogen and oxygen atoms in total. The van der Waals surface area contributed by atoms with Crippen LogP contribution in [0.1, 0.15) is 90.7 Å². The lowest BCUT2D eigenvalue weighted by Crippen LogP contribution is -2.27. The van der Waals surface area contributed by atoms with Crippen molar-refractivity contribution in [3.05, 3.63) is 88.9 Å². The van der Waals surface area contributed by atoms with Crippen LogP contribution in [0, 0.1) is 0 Å². The highest BCUT2D eigenvalue weighted by Gasteiger charge is 2.31.